The van der Waals surface area contributed by atoms with Crippen LogP contribution in [0.4, 0.5) is 9.18 Å². The molecule has 0 aliphatic carbocycles. The molecular formula is C15H21FN2O3. The fourth-order valence-electron chi connectivity index (χ4n) is 1.76. The Kier molecular flexibility index (Phi) is 5.29. The summed E-state index contributed by atoms with van der Waals surface area (Å²) in [5, 5.41) is 14.1. The molecule has 0 fully saturated rings. The summed E-state index contributed by atoms with van der Waals surface area (Å²) in [5.74, 6) is -1.22. The third kappa shape index (κ3) is 4.73. The number of halogens is 1. The summed E-state index contributed by atoms with van der Waals surface area (Å²) in [5.41, 5.74) is 0.818. The van der Waals surface area contributed by atoms with Crippen LogP contribution in [0, 0.1) is 25.1 Å². The highest BCUT2D eigenvalue weighted by Gasteiger charge is 2.27. The molecule has 0 aliphatic rings. The Bertz CT molecular complexity index is 533. The van der Waals surface area contributed by atoms with Gasteiger partial charge in [0.15, 0.2) is 0 Å². The van der Waals surface area contributed by atoms with Crippen molar-refractivity contribution >= 4 is 12.0 Å². The molecule has 2 amide bonds. The summed E-state index contributed by atoms with van der Waals surface area (Å²) in [6, 6.07) is 2.89. The Hall–Kier alpha value is -2.11. The van der Waals surface area contributed by atoms with Gasteiger partial charge in [-0.1, -0.05) is 12.1 Å². The van der Waals surface area contributed by atoms with Crippen molar-refractivity contribution in [1.29, 1.82) is 0 Å². The van der Waals surface area contributed by atoms with Gasteiger partial charge in [0.25, 0.3) is 0 Å². The highest BCUT2D eigenvalue weighted by Crippen LogP contribution is 2.15. The molecule has 116 valence electrons. The smallest absolute Gasteiger partial charge is 0.315 e. The quantitative estimate of drug-likeness (QED) is 0.780. The summed E-state index contributed by atoms with van der Waals surface area (Å²) < 4.78 is 13.5. The average Bonchev–Trinajstić information content (AvgIpc) is 2.40. The van der Waals surface area contributed by atoms with E-state index >= 15 is 0 Å². The van der Waals surface area contributed by atoms with Crippen LogP contribution in [0.3, 0.4) is 0 Å². The Morgan fingerprint density at radius 3 is 2.19 bits per heavy atom. The normalized spacial score (nSPS) is 11.1. The van der Waals surface area contributed by atoms with Crippen molar-refractivity contribution < 1.29 is 19.1 Å². The van der Waals surface area contributed by atoms with Gasteiger partial charge in [0.05, 0.1) is 5.41 Å². The third-order valence-corrected chi connectivity index (χ3v) is 3.22. The first-order valence-electron chi connectivity index (χ1n) is 6.64. The second kappa shape index (κ2) is 6.56. The van der Waals surface area contributed by atoms with E-state index in [2.05, 4.69) is 10.6 Å². The van der Waals surface area contributed by atoms with Crippen LogP contribution in [0.15, 0.2) is 12.1 Å². The molecule has 0 atom stereocenters. The van der Waals surface area contributed by atoms with Crippen molar-refractivity contribution in [2.24, 2.45) is 5.41 Å². The molecule has 0 saturated heterocycles. The maximum Gasteiger partial charge on any atom is 0.315 e. The van der Waals surface area contributed by atoms with Gasteiger partial charge in [0.2, 0.25) is 0 Å². The minimum Gasteiger partial charge on any atom is -0.481 e. The van der Waals surface area contributed by atoms with Crippen LogP contribution in [-0.4, -0.2) is 23.7 Å². The van der Waals surface area contributed by atoms with Gasteiger partial charge in [0.1, 0.15) is 5.82 Å². The molecule has 0 saturated carbocycles. The number of nitrogens with one attached hydrogen (secondary N) is 2. The number of benzene rings is 1. The van der Waals surface area contributed by atoms with Crippen molar-refractivity contribution in [3.8, 4) is 0 Å². The molecule has 0 bridgehead atoms. The zero-order valence-electron chi connectivity index (χ0n) is 12.7. The molecule has 0 radical (unpaired) electrons. The lowest BCUT2D eigenvalue weighted by atomic mass is 9.94. The van der Waals surface area contributed by atoms with Crippen molar-refractivity contribution in [2.75, 3.05) is 6.54 Å². The molecule has 5 nitrogen and oxygen atoms in total. The zero-order valence-corrected chi connectivity index (χ0v) is 12.7. The minimum absolute atomic E-state index is 0.0235. The molecule has 6 heteroatoms. The number of carbonyl (C=O) groups is 2. The lowest BCUT2D eigenvalue weighted by Crippen LogP contribution is -2.43. The van der Waals surface area contributed by atoms with Crippen molar-refractivity contribution in [3.05, 3.63) is 34.6 Å². The van der Waals surface area contributed by atoms with Gasteiger partial charge in [-0.05, 0) is 44.4 Å². The number of carboxylic acid groups (broad SMARTS) is 1. The van der Waals surface area contributed by atoms with Crippen molar-refractivity contribution in [2.45, 2.75) is 34.2 Å². The van der Waals surface area contributed by atoms with Gasteiger partial charge in [-0.25, -0.2) is 9.18 Å². The SMILES string of the molecule is Cc1cc(CNC(=O)NCC(C)(C)C(=O)O)cc(C)c1F. The number of hydrogen-bond acceptors (Lipinski definition) is 2. The minimum atomic E-state index is -1.03. The first-order valence-corrected chi connectivity index (χ1v) is 6.64. The maximum absolute atomic E-state index is 13.5. The summed E-state index contributed by atoms with van der Waals surface area (Å²) in [4.78, 5) is 22.5. The zero-order chi connectivity index (χ0) is 16.2. The first kappa shape index (κ1) is 16.9. The number of amides is 2. The van der Waals surface area contributed by atoms with Crippen molar-refractivity contribution in [3.63, 3.8) is 0 Å². The second-order valence-corrected chi connectivity index (χ2v) is 5.77. The van der Waals surface area contributed by atoms with Gasteiger partial charge < -0.3 is 15.7 Å². The van der Waals surface area contributed by atoms with Gasteiger partial charge in [0, 0.05) is 13.1 Å². The largest absolute Gasteiger partial charge is 0.481 e. The number of aliphatic carboxylic acids is 1. The van der Waals surface area contributed by atoms with Gasteiger partial charge >= 0.3 is 12.0 Å². The number of rotatable bonds is 5. The van der Waals surface area contributed by atoms with Crippen LogP contribution in [-0.2, 0) is 11.3 Å². The van der Waals surface area contributed by atoms with Crippen molar-refractivity contribution in [1.82, 2.24) is 10.6 Å². The lowest BCUT2D eigenvalue weighted by Gasteiger charge is -2.19. The molecule has 0 aliphatic heterocycles. The van der Waals surface area contributed by atoms with Crippen LogP contribution in [0.1, 0.15) is 30.5 Å². The van der Waals surface area contributed by atoms with E-state index in [1.807, 2.05) is 0 Å². The topological polar surface area (TPSA) is 78.4 Å². The highest BCUT2D eigenvalue weighted by molar-refractivity contribution is 5.77. The first-order chi connectivity index (χ1) is 9.63. The highest BCUT2D eigenvalue weighted by atomic mass is 19.1. The van der Waals surface area contributed by atoms with Gasteiger partial charge in [-0.15, -0.1) is 0 Å². The lowest BCUT2D eigenvalue weighted by molar-refractivity contribution is -0.146. The van der Waals surface area contributed by atoms with Gasteiger partial charge in [-0.3, -0.25) is 4.79 Å². The van der Waals surface area contributed by atoms with Crippen LogP contribution in [0.25, 0.3) is 0 Å². The van der Waals surface area contributed by atoms with E-state index in [9.17, 15) is 14.0 Å². The fraction of sp³-hybridized carbons (Fsp3) is 0.467. The molecule has 1 aromatic rings. The predicted molar refractivity (Wildman–Crippen MR) is 77.5 cm³/mol. The molecule has 0 heterocycles. The summed E-state index contributed by atoms with van der Waals surface area (Å²) >= 11 is 0. The van der Waals surface area contributed by atoms with E-state index in [0.29, 0.717) is 11.1 Å². The van der Waals surface area contributed by atoms with E-state index in [1.165, 1.54) is 13.8 Å². The summed E-state index contributed by atoms with van der Waals surface area (Å²) in [7, 11) is 0. The molecule has 0 aromatic heterocycles. The number of carbonyl (C=O) groups excluding carboxylic acids is 1. The molecule has 0 unspecified atom stereocenters. The Labute approximate surface area is 123 Å². The number of hydrogen-bond donors (Lipinski definition) is 3. The van der Waals surface area contributed by atoms with E-state index in [0.717, 1.165) is 5.56 Å². The van der Waals surface area contributed by atoms with Crippen LogP contribution in [0.2, 0.25) is 0 Å². The Balaban J connectivity index is 2.53. The van der Waals surface area contributed by atoms with E-state index in [4.69, 9.17) is 5.11 Å². The number of urea groups is 1. The summed E-state index contributed by atoms with van der Waals surface area (Å²) in [6.07, 6.45) is 0. The van der Waals surface area contributed by atoms with Crippen LogP contribution < -0.4 is 10.6 Å². The number of carboxylic acids is 1. The molecule has 1 aromatic carbocycles. The molecule has 0 spiro atoms. The maximum atomic E-state index is 13.5. The average molecular weight is 296 g/mol. The summed E-state index contributed by atoms with van der Waals surface area (Å²) in [6.45, 7) is 6.67. The monoisotopic (exact) mass is 296 g/mol. The standard InChI is InChI=1S/C15H21FN2O3/c1-9-5-11(6-10(2)12(9)16)7-17-14(21)18-8-15(3,4)13(19)20/h5-6H,7-8H2,1-4H3,(H,19,20)(H2,17,18,21). The third-order valence-electron chi connectivity index (χ3n) is 3.22. The van der Waals surface area contributed by atoms with Crippen LogP contribution in [0.5, 0.6) is 0 Å². The second-order valence-electron chi connectivity index (χ2n) is 5.77. The fourth-order valence-corrected chi connectivity index (χ4v) is 1.76. The molecule has 3 N–H and O–H groups in total. The Morgan fingerprint density at radius 2 is 1.71 bits per heavy atom. The Morgan fingerprint density at radius 1 is 1.19 bits per heavy atom. The van der Waals surface area contributed by atoms with Crippen LogP contribution >= 0.6 is 0 Å². The molecule has 21 heavy (non-hydrogen) atoms. The predicted octanol–water partition coefficient (Wildman–Crippen LogP) is 2.35. The molecule has 1 rings (SSSR count). The van der Waals surface area contributed by atoms with E-state index in [1.54, 1.807) is 26.0 Å². The van der Waals surface area contributed by atoms with E-state index in [-0.39, 0.29) is 18.9 Å². The van der Waals surface area contributed by atoms with Gasteiger partial charge in [-0.2, -0.15) is 0 Å². The van der Waals surface area contributed by atoms with E-state index < -0.39 is 17.4 Å². The molecular weight excluding hydrogens is 275 g/mol. The number of aryl methyl sites for hydroxylation is 2.